The molecule has 0 radical (unpaired) electrons. The van der Waals surface area contributed by atoms with Gasteiger partial charge in [-0.3, -0.25) is 0 Å². The molecule has 0 aliphatic heterocycles. The minimum Gasteiger partial charge on any atom is -0.496 e. The highest BCUT2D eigenvalue weighted by molar-refractivity contribution is 14.1. The fourth-order valence-electron chi connectivity index (χ4n) is 1.17. The molecule has 0 saturated carbocycles. The maximum absolute atomic E-state index is 8.60. The zero-order valence-electron chi connectivity index (χ0n) is 7.60. The van der Waals surface area contributed by atoms with Crippen molar-refractivity contribution in [3.8, 4) is 11.8 Å². The Bertz CT molecular complexity index is 355. The molecule has 68 valence electrons. The Hall–Kier alpha value is -0.760. The van der Waals surface area contributed by atoms with Crippen molar-refractivity contribution in [2.45, 2.75) is 13.3 Å². The number of nitrogens with zero attached hydrogens (tertiary/aromatic N) is 1. The molecule has 0 N–H and O–H groups in total. The van der Waals surface area contributed by atoms with E-state index in [-0.39, 0.29) is 0 Å². The summed E-state index contributed by atoms with van der Waals surface area (Å²) in [7, 11) is 1.65. The van der Waals surface area contributed by atoms with E-state index in [2.05, 4.69) is 28.7 Å². The highest BCUT2D eigenvalue weighted by Gasteiger charge is 2.06. The van der Waals surface area contributed by atoms with E-state index >= 15 is 0 Å². The standard InChI is InChI=1S/C10H10INO/c1-7-5-8(3-4-12)10(11)9(6-7)13-2/h5-6H,3H2,1-2H3. The molecular weight excluding hydrogens is 277 g/mol. The first-order chi connectivity index (χ1) is 6.19. The number of benzene rings is 1. The molecule has 0 aliphatic rings. The van der Waals surface area contributed by atoms with Gasteiger partial charge in [-0.05, 0) is 46.7 Å². The van der Waals surface area contributed by atoms with Crippen molar-refractivity contribution in [3.63, 3.8) is 0 Å². The quantitative estimate of drug-likeness (QED) is 0.783. The summed E-state index contributed by atoms with van der Waals surface area (Å²) in [5.74, 6) is 0.853. The fraction of sp³-hybridized carbons (Fsp3) is 0.300. The van der Waals surface area contributed by atoms with E-state index in [4.69, 9.17) is 10.00 Å². The summed E-state index contributed by atoms with van der Waals surface area (Å²) >= 11 is 2.20. The van der Waals surface area contributed by atoms with Crippen LogP contribution in [0.2, 0.25) is 0 Å². The zero-order valence-corrected chi connectivity index (χ0v) is 9.75. The molecule has 0 unspecified atom stereocenters. The van der Waals surface area contributed by atoms with Crippen LogP contribution in [-0.2, 0) is 6.42 Å². The van der Waals surface area contributed by atoms with Gasteiger partial charge in [-0.2, -0.15) is 5.26 Å². The summed E-state index contributed by atoms with van der Waals surface area (Å²) in [6.07, 6.45) is 0.441. The third kappa shape index (κ3) is 2.34. The number of nitriles is 1. The highest BCUT2D eigenvalue weighted by Crippen LogP contribution is 2.26. The molecule has 1 rings (SSSR count). The Morgan fingerprint density at radius 1 is 1.54 bits per heavy atom. The number of aryl methyl sites for hydroxylation is 1. The van der Waals surface area contributed by atoms with Gasteiger partial charge in [0, 0.05) is 0 Å². The van der Waals surface area contributed by atoms with Crippen LogP contribution in [0.1, 0.15) is 11.1 Å². The molecule has 0 aromatic heterocycles. The van der Waals surface area contributed by atoms with Crippen molar-refractivity contribution in [3.05, 3.63) is 26.8 Å². The molecule has 13 heavy (non-hydrogen) atoms. The van der Waals surface area contributed by atoms with E-state index in [0.29, 0.717) is 6.42 Å². The van der Waals surface area contributed by atoms with Gasteiger partial charge in [-0.25, -0.2) is 0 Å². The Morgan fingerprint density at radius 2 is 2.23 bits per heavy atom. The number of hydrogen-bond acceptors (Lipinski definition) is 2. The van der Waals surface area contributed by atoms with Crippen LogP contribution >= 0.6 is 22.6 Å². The van der Waals surface area contributed by atoms with Gasteiger partial charge >= 0.3 is 0 Å². The van der Waals surface area contributed by atoms with E-state index in [1.807, 2.05) is 19.1 Å². The Balaban J connectivity index is 3.20. The SMILES string of the molecule is COc1cc(C)cc(CC#N)c1I. The predicted molar refractivity (Wildman–Crippen MR) is 59.8 cm³/mol. The van der Waals surface area contributed by atoms with Crippen LogP contribution in [0.15, 0.2) is 12.1 Å². The van der Waals surface area contributed by atoms with Gasteiger partial charge in [-0.1, -0.05) is 6.07 Å². The monoisotopic (exact) mass is 287 g/mol. The van der Waals surface area contributed by atoms with E-state index in [0.717, 1.165) is 20.4 Å². The first-order valence-electron chi connectivity index (χ1n) is 3.89. The van der Waals surface area contributed by atoms with Crippen molar-refractivity contribution < 1.29 is 4.74 Å². The molecule has 0 amide bonds. The summed E-state index contributed by atoms with van der Waals surface area (Å²) in [6, 6.07) is 6.14. The molecule has 0 fully saturated rings. The van der Waals surface area contributed by atoms with Gasteiger partial charge in [-0.15, -0.1) is 0 Å². The summed E-state index contributed by atoms with van der Waals surface area (Å²) in [5, 5.41) is 8.60. The second-order valence-electron chi connectivity index (χ2n) is 2.78. The Labute approximate surface area is 91.7 Å². The molecule has 0 atom stereocenters. The third-order valence-electron chi connectivity index (χ3n) is 1.75. The highest BCUT2D eigenvalue weighted by atomic mass is 127. The number of methoxy groups -OCH3 is 1. The first kappa shape index (κ1) is 10.3. The van der Waals surface area contributed by atoms with Crippen LogP contribution in [0.25, 0.3) is 0 Å². The van der Waals surface area contributed by atoms with Crippen LogP contribution < -0.4 is 4.74 Å². The normalized spacial score (nSPS) is 9.38. The van der Waals surface area contributed by atoms with Crippen molar-refractivity contribution in [1.82, 2.24) is 0 Å². The number of halogens is 1. The van der Waals surface area contributed by atoms with E-state index in [9.17, 15) is 0 Å². The molecular formula is C10H10INO. The summed E-state index contributed by atoms with van der Waals surface area (Å²) in [6.45, 7) is 2.00. The molecule has 2 nitrogen and oxygen atoms in total. The topological polar surface area (TPSA) is 33.0 Å². The summed E-state index contributed by atoms with van der Waals surface area (Å²) in [4.78, 5) is 0. The average Bonchev–Trinajstić information content (AvgIpc) is 2.11. The average molecular weight is 287 g/mol. The van der Waals surface area contributed by atoms with Crippen molar-refractivity contribution in [2.75, 3.05) is 7.11 Å². The Kier molecular flexibility index (Phi) is 3.55. The largest absolute Gasteiger partial charge is 0.496 e. The van der Waals surface area contributed by atoms with Crippen molar-refractivity contribution in [2.24, 2.45) is 0 Å². The van der Waals surface area contributed by atoms with E-state index in [1.165, 1.54) is 0 Å². The molecule has 0 spiro atoms. The molecule has 0 aliphatic carbocycles. The van der Waals surface area contributed by atoms with Crippen LogP contribution in [0.5, 0.6) is 5.75 Å². The molecule has 3 heteroatoms. The Morgan fingerprint density at radius 3 is 2.77 bits per heavy atom. The lowest BCUT2D eigenvalue weighted by molar-refractivity contribution is 0.411. The second-order valence-corrected chi connectivity index (χ2v) is 3.85. The third-order valence-corrected chi connectivity index (χ3v) is 2.97. The number of hydrogen-bond donors (Lipinski definition) is 0. The maximum Gasteiger partial charge on any atom is 0.132 e. The fourth-order valence-corrected chi connectivity index (χ4v) is 1.89. The van der Waals surface area contributed by atoms with Crippen molar-refractivity contribution in [1.29, 1.82) is 5.26 Å². The lowest BCUT2D eigenvalue weighted by Crippen LogP contribution is -1.94. The maximum atomic E-state index is 8.60. The molecule has 1 aromatic rings. The van der Waals surface area contributed by atoms with Gasteiger partial charge in [0.05, 0.1) is 23.2 Å². The minimum atomic E-state index is 0.441. The van der Waals surface area contributed by atoms with Crippen LogP contribution in [0, 0.1) is 21.8 Å². The molecule has 1 aromatic carbocycles. The first-order valence-corrected chi connectivity index (χ1v) is 4.97. The van der Waals surface area contributed by atoms with Gasteiger partial charge in [0.25, 0.3) is 0 Å². The smallest absolute Gasteiger partial charge is 0.132 e. The van der Waals surface area contributed by atoms with E-state index in [1.54, 1.807) is 7.11 Å². The van der Waals surface area contributed by atoms with E-state index < -0.39 is 0 Å². The lowest BCUT2D eigenvalue weighted by Gasteiger charge is -2.08. The van der Waals surface area contributed by atoms with Gasteiger partial charge < -0.3 is 4.74 Å². The molecule has 0 saturated heterocycles. The number of rotatable bonds is 2. The van der Waals surface area contributed by atoms with Crippen molar-refractivity contribution >= 4 is 22.6 Å². The summed E-state index contributed by atoms with van der Waals surface area (Å²) < 4.78 is 6.23. The van der Waals surface area contributed by atoms with Gasteiger partial charge in [0.15, 0.2) is 0 Å². The van der Waals surface area contributed by atoms with Crippen LogP contribution in [0.3, 0.4) is 0 Å². The number of ether oxygens (including phenoxy) is 1. The molecule has 0 bridgehead atoms. The second kappa shape index (κ2) is 4.47. The molecule has 0 heterocycles. The predicted octanol–water partition coefficient (Wildman–Crippen LogP) is 2.67. The minimum absolute atomic E-state index is 0.441. The summed E-state index contributed by atoms with van der Waals surface area (Å²) in [5.41, 5.74) is 2.17. The van der Waals surface area contributed by atoms with Crippen LogP contribution in [0.4, 0.5) is 0 Å². The van der Waals surface area contributed by atoms with Gasteiger partial charge in [0.2, 0.25) is 0 Å². The van der Waals surface area contributed by atoms with Crippen LogP contribution in [-0.4, -0.2) is 7.11 Å². The van der Waals surface area contributed by atoms with Gasteiger partial charge in [0.1, 0.15) is 5.75 Å². The lowest BCUT2D eigenvalue weighted by atomic mass is 10.1. The zero-order chi connectivity index (χ0) is 9.84.